The van der Waals surface area contributed by atoms with Crippen LogP contribution in [0.3, 0.4) is 0 Å². The molecule has 2 heterocycles. The molecule has 1 unspecified atom stereocenters. The van der Waals surface area contributed by atoms with Crippen LogP contribution in [-0.2, 0) is 4.74 Å². The first kappa shape index (κ1) is 14.3. The van der Waals surface area contributed by atoms with Crippen LogP contribution in [0.5, 0.6) is 0 Å². The van der Waals surface area contributed by atoms with E-state index >= 15 is 0 Å². The molecule has 19 heavy (non-hydrogen) atoms. The Morgan fingerprint density at radius 2 is 2.26 bits per heavy atom. The quantitative estimate of drug-likeness (QED) is 0.799. The summed E-state index contributed by atoms with van der Waals surface area (Å²) in [7, 11) is 4.02. The van der Waals surface area contributed by atoms with E-state index in [1.54, 1.807) is 0 Å². The molecule has 2 rings (SSSR count). The second kappa shape index (κ2) is 6.36. The largest absolute Gasteiger partial charge is 0.393 e. The van der Waals surface area contributed by atoms with Gasteiger partial charge in [-0.25, -0.2) is 9.97 Å². The molecule has 6 nitrogen and oxygen atoms in total. The predicted molar refractivity (Wildman–Crippen MR) is 76.4 cm³/mol. The summed E-state index contributed by atoms with van der Waals surface area (Å²) in [6.07, 6.45) is 1.89. The Morgan fingerprint density at radius 1 is 1.47 bits per heavy atom. The second-order valence-corrected chi connectivity index (χ2v) is 5.22. The molecular weight excluding hydrogens is 266 g/mol. The summed E-state index contributed by atoms with van der Waals surface area (Å²) in [5.74, 6) is 1.21. The number of aromatic nitrogens is 2. The van der Waals surface area contributed by atoms with Crippen molar-refractivity contribution < 1.29 is 4.74 Å². The Balaban J connectivity index is 2.12. The fraction of sp³-hybridized carbons (Fsp3) is 0.667. The molecule has 1 saturated heterocycles. The normalized spacial score (nSPS) is 19.1. The van der Waals surface area contributed by atoms with Gasteiger partial charge in [0.1, 0.15) is 11.8 Å². The second-order valence-electron chi connectivity index (χ2n) is 4.87. The Bertz CT molecular complexity index is 434. The number of hydrogen-bond donors (Lipinski definition) is 2. The first-order valence-electron chi connectivity index (χ1n) is 6.41. The van der Waals surface area contributed by atoms with Gasteiger partial charge in [0.05, 0.1) is 0 Å². The van der Waals surface area contributed by atoms with Gasteiger partial charge >= 0.3 is 0 Å². The first-order chi connectivity index (χ1) is 9.08. The maximum absolute atomic E-state index is 6.06. The fourth-order valence-corrected chi connectivity index (χ4v) is 2.09. The van der Waals surface area contributed by atoms with Gasteiger partial charge in [0.2, 0.25) is 0 Å². The van der Waals surface area contributed by atoms with E-state index in [0.717, 1.165) is 32.5 Å². The number of nitrogens with two attached hydrogens (primary N) is 1. The summed E-state index contributed by atoms with van der Waals surface area (Å²) in [6, 6.07) is 0. The SMILES string of the molecule is CN(C)CCNc1nc(C2CCCO2)nc(Cl)c1N. The van der Waals surface area contributed by atoms with Crippen molar-refractivity contribution in [2.24, 2.45) is 0 Å². The van der Waals surface area contributed by atoms with Gasteiger partial charge in [-0.05, 0) is 26.9 Å². The number of nitrogen functional groups attached to an aromatic ring is 1. The molecule has 1 aromatic heterocycles. The van der Waals surface area contributed by atoms with Gasteiger partial charge in [-0.1, -0.05) is 11.6 Å². The van der Waals surface area contributed by atoms with Gasteiger partial charge in [-0.2, -0.15) is 0 Å². The third-order valence-corrected chi connectivity index (χ3v) is 3.27. The van der Waals surface area contributed by atoms with Crippen LogP contribution in [0, 0.1) is 0 Å². The molecule has 0 radical (unpaired) electrons. The molecule has 0 spiro atoms. The Labute approximate surface area is 118 Å². The monoisotopic (exact) mass is 285 g/mol. The smallest absolute Gasteiger partial charge is 0.161 e. The van der Waals surface area contributed by atoms with Crippen LogP contribution in [-0.4, -0.2) is 48.7 Å². The number of anilines is 2. The summed E-state index contributed by atoms with van der Waals surface area (Å²) in [6.45, 7) is 2.38. The lowest BCUT2D eigenvalue weighted by molar-refractivity contribution is 0.105. The zero-order valence-corrected chi connectivity index (χ0v) is 12.1. The molecular formula is C12H20ClN5O. The third-order valence-electron chi connectivity index (χ3n) is 2.99. The molecule has 1 aliphatic rings. The molecule has 1 atom stereocenters. The Hall–Kier alpha value is -1.11. The van der Waals surface area contributed by atoms with Crippen LogP contribution in [0.4, 0.5) is 11.5 Å². The highest BCUT2D eigenvalue weighted by Gasteiger charge is 2.22. The van der Waals surface area contributed by atoms with Crippen molar-refractivity contribution in [1.82, 2.24) is 14.9 Å². The summed E-state index contributed by atoms with van der Waals surface area (Å²) in [5, 5.41) is 3.48. The first-order valence-corrected chi connectivity index (χ1v) is 6.79. The number of hydrogen-bond acceptors (Lipinski definition) is 6. The number of rotatable bonds is 5. The maximum atomic E-state index is 6.06. The summed E-state index contributed by atoms with van der Waals surface area (Å²) in [4.78, 5) is 10.7. The third kappa shape index (κ3) is 3.68. The van der Waals surface area contributed by atoms with Crippen molar-refractivity contribution in [2.75, 3.05) is 44.8 Å². The number of ether oxygens (including phenoxy) is 1. The van der Waals surface area contributed by atoms with Crippen LogP contribution >= 0.6 is 11.6 Å². The molecule has 1 aliphatic heterocycles. The molecule has 7 heteroatoms. The minimum atomic E-state index is -0.0625. The van der Waals surface area contributed by atoms with E-state index in [-0.39, 0.29) is 11.3 Å². The topological polar surface area (TPSA) is 76.3 Å². The Kier molecular flexibility index (Phi) is 4.79. The van der Waals surface area contributed by atoms with E-state index in [0.29, 0.717) is 17.3 Å². The number of likely N-dealkylation sites (N-methyl/N-ethyl adjacent to an activating group) is 1. The minimum absolute atomic E-state index is 0.0625. The zero-order chi connectivity index (χ0) is 13.8. The van der Waals surface area contributed by atoms with E-state index in [9.17, 15) is 0 Å². The van der Waals surface area contributed by atoms with E-state index in [2.05, 4.69) is 20.2 Å². The standard InChI is InChI=1S/C12H20ClN5O/c1-18(2)6-5-15-12-9(14)10(13)16-11(17-12)8-4-3-7-19-8/h8H,3-7,14H2,1-2H3,(H,15,16,17). The van der Waals surface area contributed by atoms with Gasteiger partial charge in [0.15, 0.2) is 16.8 Å². The average Bonchev–Trinajstić information content (AvgIpc) is 2.87. The zero-order valence-electron chi connectivity index (χ0n) is 11.3. The van der Waals surface area contributed by atoms with Crippen molar-refractivity contribution in [3.05, 3.63) is 11.0 Å². The van der Waals surface area contributed by atoms with Crippen LogP contribution in [0.1, 0.15) is 24.8 Å². The molecule has 0 amide bonds. The number of nitrogens with zero attached hydrogens (tertiary/aromatic N) is 3. The lowest BCUT2D eigenvalue weighted by atomic mass is 10.2. The number of nitrogens with one attached hydrogen (secondary N) is 1. The van der Waals surface area contributed by atoms with Crippen molar-refractivity contribution >= 4 is 23.1 Å². The molecule has 106 valence electrons. The Morgan fingerprint density at radius 3 is 2.89 bits per heavy atom. The summed E-state index contributed by atoms with van der Waals surface area (Å²) in [5.41, 5.74) is 6.28. The van der Waals surface area contributed by atoms with Gasteiger partial charge in [0.25, 0.3) is 0 Å². The van der Waals surface area contributed by atoms with Gasteiger partial charge in [0, 0.05) is 19.7 Å². The highest BCUT2D eigenvalue weighted by molar-refractivity contribution is 6.32. The van der Waals surface area contributed by atoms with E-state index < -0.39 is 0 Å². The predicted octanol–water partition coefficient (Wildman–Crippen LogP) is 1.54. The van der Waals surface area contributed by atoms with Gasteiger partial charge < -0.3 is 20.7 Å². The molecule has 1 aromatic rings. The molecule has 0 aromatic carbocycles. The molecule has 1 fully saturated rings. The van der Waals surface area contributed by atoms with Crippen molar-refractivity contribution in [3.63, 3.8) is 0 Å². The molecule has 0 bridgehead atoms. The van der Waals surface area contributed by atoms with Crippen LogP contribution in [0.2, 0.25) is 5.15 Å². The van der Waals surface area contributed by atoms with Gasteiger partial charge in [-0.15, -0.1) is 0 Å². The summed E-state index contributed by atoms with van der Waals surface area (Å²) < 4.78 is 5.57. The van der Waals surface area contributed by atoms with E-state index in [1.165, 1.54) is 0 Å². The van der Waals surface area contributed by atoms with Crippen molar-refractivity contribution in [3.8, 4) is 0 Å². The molecule has 3 N–H and O–H groups in total. The van der Waals surface area contributed by atoms with Crippen molar-refractivity contribution in [1.29, 1.82) is 0 Å². The van der Waals surface area contributed by atoms with Crippen LogP contribution in [0.25, 0.3) is 0 Å². The lowest BCUT2D eigenvalue weighted by Gasteiger charge is -2.15. The van der Waals surface area contributed by atoms with Gasteiger partial charge in [-0.3, -0.25) is 0 Å². The highest BCUT2D eigenvalue weighted by atomic mass is 35.5. The van der Waals surface area contributed by atoms with E-state index in [1.807, 2.05) is 14.1 Å². The lowest BCUT2D eigenvalue weighted by Crippen LogP contribution is -2.22. The minimum Gasteiger partial charge on any atom is -0.393 e. The van der Waals surface area contributed by atoms with Crippen LogP contribution in [0.15, 0.2) is 0 Å². The fourth-order valence-electron chi connectivity index (χ4n) is 1.92. The number of halogens is 1. The van der Waals surface area contributed by atoms with Crippen LogP contribution < -0.4 is 11.1 Å². The highest BCUT2D eigenvalue weighted by Crippen LogP contribution is 2.31. The molecule has 0 saturated carbocycles. The molecule has 0 aliphatic carbocycles. The van der Waals surface area contributed by atoms with Crippen molar-refractivity contribution in [2.45, 2.75) is 18.9 Å². The average molecular weight is 286 g/mol. The maximum Gasteiger partial charge on any atom is 0.161 e. The van der Waals surface area contributed by atoms with E-state index in [4.69, 9.17) is 22.1 Å². The summed E-state index contributed by atoms with van der Waals surface area (Å²) >= 11 is 6.06.